The molecular formula is C28H30Cl2N4O2. The molecule has 1 amide bonds. The summed E-state index contributed by atoms with van der Waals surface area (Å²) >= 11 is 12.2. The number of anilines is 2. The molecule has 2 atom stereocenters. The molecule has 2 aliphatic heterocycles. The Morgan fingerprint density at radius 1 is 0.889 bits per heavy atom. The summed E-state index contributed by atoms with van der Waals surface area (Å²) in [6.45, 7) is 5.27. The van der Waals surface area contributed by atoms with Crippen molar-refractivity contribution < 1.29 is 9.90 Å². The third kappa shape index (κ3) is 5.85. The molecule has 6 nitrogen and oxygen atoms in total. The van der Waals surface area contributed by atoms with Crippen LogP contribution < -0.4 is 5.32 Å². The molecule has 2 unspecified atom stereocenters. The van der Waals surface area contributed by atoms with Crippen LogP contribution in [0.2, 0.25) is 10.0 Å². The quantitative estimate of drug-likeness (QED) is 0.487. The lowest BCUT2D eigenvalue weighted by Crippen LogP contribution is -2.53. The fraction of sp³-hybridized carbons (Fsp3) is 0.321. The first-order valence-corrected chi connectivity index (χ1v) is 13.0. The topological polar surface area (TPSA) is 59.1 Å². The smallest absolute Gasteiger partial charge is 0.256 e. The Hall–Kier alpha value is -2.61. The summed E-state index contributed by atoms with van der Waals surface area (Å²) in [7, 11) is 0. The number of carbonyl (C=O) groups is 1. The van der Waals surface area contributed by atoms with Gasteiger partial charge in [-0.3, -0.25) is 14.6 Å². The molecule has 3 aromatic carbocycles. The maximum atomic E-state index is 13.5. The van der Waals surface area contributed by atoms with Crippen LogP contribution in [-0.4, -0.2) is 77.1 Å². The zero-order valence-corrected chi connectivity index (χ0v) is 21.5. The van der Waals surface area contributed by atoms with Crippen molar-refractivity contribution in [3.63, 3.8) is 0 Å². The molecule has 3 aromatic rings. The fourth-order valence-electron chi connectivity index (χ4n) is 5.05. The van der Waals surface area contributed by atoms with Gasteiger partial charge in [0.1, 0.15) is 0 Å². The van der Waals surface area contributed by atoms with Gasteiger partial charge in [-0.1, -0.05) is 53.5 Å². The minimum atomic E-state index is -0.574. The number of benzene rings is 3. The molecule has 2 heterocycles. The van der Waals surface area contributed by atoms with E-state index in [9.17, 15) is 9.90 Å². The van der Waals surface area contributed by atoms with E-state index in [1.807, 2.05) is 42.5 Å². The molecule has 0 aliphatic carbocycles. The van der Waals surface area contributed by atoms with Crippen molar-refractivity contribution in [3.8, 4) is 0 Å². The third-order valence-corrected chi connectivity index (χ3v) is 7.49. The summed E-state index contributed by atoms with van der Waals surface area (Å²) in [5, 5.41) is 15.5. The van der Waals surface area contributed by atoms with E-state index in [0.717, 1.165) is 43.4 Å². The number of hydrogen-bond donors (Lipinski definition) is 2. The number of piperazine rings is 1. The molecule has 2 N–H and O–H groups in total. The summed E-state index contributed by atoms with van der Waals surface area (Å²) in [6, 6.07) is 22.9. The second-order valence-electron chi connectivity index (χ2n) is 9.46. The Morgan fingerprint density at radius 2 is 1.58 bits per heavy atom. The minimum Gasteiger partial charge on any atom is -0.390 e. The predicted octanol–water partition coefficient (Wildman–Crippen LogP) is 4.74. The number of hydrogen-bond acceptors (Lipinski definition) is 5. The molecule has 2 aliphatic rings. The number of aliphatic hydroxyl groups excluding tert-OH is 1. The first-order chi connectivity index (χ1) is 17.5. The molecule has 0 spiro atoms. The maximum absolute atomic E-state index is 13.5. The van der Waals surface area contributed by atoms with Crippen molar-refractivity contribution in [3.05, 3.63) is 94.0 Å². The van der Waals surface area contributed by atoms with Crippen LogP contribution in [0.3, 0.4) is 0 Å². The van der Waals surface area contributed by atoms with E-state index in [1.165, 1.54) is 5.56 Å². The average Bonchev–Trinajstić information content (AvgIpc) is 3.28. The van der Waals surface area contributed by atoms with Crippen LogP contribution in [0.5, 0.6) is 0 Å². The van der Waals surface area contributed by atoms with Crippen LogP contribution >= 0.6 is 23.2 Å². The molecule has 0 aromatic heterocycles. The van der Waals surface area contributed by atoms with Gasteiger partial charge >= 0.3 is 0 Å². The van der Waals surface area contributed by atoms with Gasteiger partial charge in [0, 0.05) is 61.5 Å². The van der Waals surface area contributed by atoms with Gasteiger partial charge in [0.2, 0.25) is 0 Å². The lowest BCUT2D eigenvalue weighted by atomic mass is 10.1. The molecule has 36 heavy (non-hydrogen) atoms. The highest BCUT2D eigenvalue weighted by Gasteiger charge is 2.39. The summed E-state index contributed by atoms with van der Waals surface area (Å²) in [6.07, 6.45) is -0.574. The van der Waals surface area contributed by atoms with Gasteiger partial charge in [-0.25, -0.2) is 0 Å². The monoisotopic (exact) mass is 524 g/mol. The van der Waals surface area contributed by atoms with Gasteiger partial charge in [0.05, 0.1) is 23.4 Å². The molecule has 2 fully saturated rings. The molecule has 5 rings (SSSR count). The average molecular weight is 525 g/mol. The molecular weight excluding hydrogens is 495 g/mol. The van der Waals surface area contributed by atoms with E-state index < -0.39 is 6.10 Å². The lowest BCUT2D eigenvalue weighted by Gasteiger charge is -2.38. The zero-order valence-electron chi connectivity index (χ0n) is 20.0. The van der Waals surface area contributed by atoms with Crippen molar-refractivity contribution in [2.24, 2.45) is 0 Å². The Kier molecular flexibility index (Phi) is 7.79. The number of nitrogens with one attached hydrogen (secondary N) is 1. The molecule has 0 radical (unpaired) electrons. The predicted molar refractivity (Wildman–Crippen MR) is 145 cm³/mol. The highest BCUT2D eigenvalue weighted by atomic mass is 35.5. The lowest BCUT2D eigenvalue weighted by molar-refractivity contribution is 0.0423. The number of para-hydroxylation sites is 1. The van der Waals surface area contributed by atoms with Crippen molar-refractivity contribution in [1.29, 1.82) is 0 Å². The Morgan fingerprint density at radius 3 is 2.31 bits per heavy atom. The van der Waals surface area contributed by atoms with Crippen LogP contribution in [0.25, 0.3) is 0 Å². The van der Waals surface area contributed by atoms with Crippen LogP contribution in [0, 0.1) is 0 Å². The second kappa shape index (κ2) is 11.2. The molecule has 8 heteroatoms. The SMILES string of the molecule is O=C(c1ccc(Cl)cc1Nc1ccccc1)N1CC(O)C(N2CCN(Cc3ccc(Cl)cc3)CC2)C1. The summed E-state index contributed by atoms with van der Waals surface area (Å²) in [4.78, 5) is 20.0. The van der Waals surface area contributed by atoms with Gasteiger partial charge in [0.25, 0.3) is 5.91 Å². The largest absolute Gasteiger partial charge is 0.390 e. The van der Waals surface area contributed by atoms with Crippen LogP contribution in [-0.2, 0) is 6.54 Å². The molecule has 0 saturated carbocycles. The molecule has 0 bridgehead atoms. The number of nitrogens with zero attached hydrogens (tertiary/aromatic N) is 3. The number of likely N-dealkylation sites (tertiary alicyclic amines) is 1. The van der Waals surface area contributed by atoms with Crippen LogP contribution in [0.15, 0.2) is 72.8 Å². The van der Waals surface area contributed by atoms with E-state index in [2.05, 4.69) is 27.2 Å². The summed E-state index contributed by atoms with van der Waals surface area (Å²) < 4.78 is 0. The summed E-state index contributed by atoms with van der Waals surface area (Å²) in [5.41, 5.74) is 3.33. The van der Waals surface area contributed by atoms with Gasteiger partial charge in [-0.05, 0) is 48.0 Å². The van der Waals surface area contributed by atoms with E-state index in [-0.39, 0.29) is 11.9 Å². The molecule has 2 saturated heterocycles. The van der Waals surface area contributed by atoms with Crippen LogP contribution in [0.1, 0.15) is 15.9 Å². The van der Waals surface area contributed by atoms with Gasteiger partial charge in [-0.2, -0.15) is 0 Å². The zero-order chi connectivity index (χ0) is 25.1. The number of carbonyl (C=O) groups excluding carboxylic acids is 1. The molecule has 188 valence electrons. The second-order valence-corrected chi connectivity index (χ2v) is 10.3. The number of aliphatic hydroxyl groups is 1. The fourth-order valence-corrected chi connectivity index (χ4v) is 5.35. The summed E-state index contributed by atoms with van der Waals surface area (Å²) in [5.74, 6) is -0.104. The van der Waals surface area contributed by atoms with Crippen molar-refractivity contribution in [1.82, 2.24) is 14.7 Å². The van der Waals surface area contributed by atoms with Gasteiger partial charge in [0.15, 0.2) is 0 Å². The highest BCUT2D eigenvalue weighted by Crippen LogP contribution is 2.28. The van der Waals surface area contributed by atoms with E-state index in [0.29, 0.717) is 29.4 Å². The normalized spacial score (nSPS) is 21.0. The van der Waals surface area contributed by atoms with Gasteiger partial charge < -0.3 is 15.3 Å². The standard InChI is InChI=1S/C28H30Cl2N4O2/c29-21-8-6-20(7-9-21)17-32-12-14-33(15-13-32)26-18-34(19-27(26)35)28(36)24-11-10-22(30)16-25(24)31-23-4-2-1-3-5-23/h1-11,16,26-27,31,35H,12-15,17-19H2. The number of amides is 1. The van der Waals surface area contributed by atoms with E-state index in [1.54, 1.807) is 23.1 Å². The Balaban J connectivity index is 1.21. The van der Waals surface area contributed by atoms with Crippen molar-refractivity contribution in [2.75, 3.05) is 44.6 Å². The first-order valence-electron chi connectivity index (χ1n) is 12.3. The number of halogens is 2. The van der Waals surface area contributed by atoms with Crippen LogP contribution in [0.4, 0.5) is 11.4 Å². The minimum absolute atomic E-state index is 0.0653. The number of rotatable bonds is 6. The van der Waals surface area contributed by atoms with E-state index in [4.69, 9.17) is 23.2 Å². The Labute approximate surface area is 222 Å². The van der Waals surface area contributed by atoms with Crippen molar-refractivity contribution in [2.45, 2.75) is 18.7 Å². The van der Waals surface area contributed by atoms with Crippen molar-refractivity contribution >= 4 is 40.5 Å². The third-order valence-electron chi connectivity index (χ3n) is 7.01. The highest BCUT2D eigenvalue weighted by molar-refractivity contribution is 6.31. The Bertz CT molecular complexity index is 1180. The maximum Gasteiger partial charge on any atom is 0.256 e. The number of β-amino-alcohol motifs (C(OH)–C–C–N with tert-alkyl or cyclic N) is 1. The first kappa shape index (κ1) is 25.1. The van der Waals surface area contributed by atoms with E-state index >= 15 is 0 Å². The van der Waals surface area contributed by atoms with Gasteiger partial charge in [-0.15, -0.1) is 0 Å².